The number of aromatic nitrogens is 2. The van der Waals surface area contributed by atoms with Gasteiger partial charge in [-0.3, -0.25) is 0 Å². The van der Waals surface area contributed by atoms with E-state index in [1.54, 1.807) is 0 Å². The smallest absolute Gasteiger partial charge is 0.221 e. The minimum atomic E-state index is 0.0492. The Morgan fingerprint density at radius 3 is 2.54 bits per heavy atom. The number of hydrogen-bond acceptors (Lipinski definition) is 3. The number of rotatable bonds is 0. The molecule has 0 amide bonds. The molecule has 3 heteroatoms. The van der Waals surface area contributed by atoms with Crippen molar-refractivity contribution < 1.29 is 5.11 Å². The van der Waals surface area contributed by atoms with Crippen LogP contribution in [0.2, 0.25) is 0 Å². The van der Waals surface area contributed by atoms with E-state index in [0.29, 0.717) is 5.39 Å². The highest BCUT2D eigenvalue weighted by Crippen LogP contribution is 2.22. The van der Waals surface area contributed by atoms with E-state index in [-0.39, 0.29) is 5.88 Å². The van der Waals surface area contributed by atoms with E-state index < -0.39 is 0 Å². The van der Waals surface area contributed by atoms with E-state index in [1.165, 1.54) is 11.9 Å². The summed E-state index contributed by atoms with van der Waals surface area (Å²) in [5, 5.41) is 10.1. The van der Waals surface area contributed by atoms with Crippen LogP contribution in [0, 0.1) is 13.8 Å². The van der Waals surface area contributed by atoms with Gasteiger partial charge in [-0.05, 0) is 37.1 Å². The number of hydrogen-bond donors (Lipinski definition) is 1. The molecule has 1 heterocycles. The minimum Gasteiger partial charge on any atom is -0.493 e. The number of fused-ring (bicyclic) bond motifs is 1. The Hall–Kier alpha value is -1.64. The quantitative estimate of drug-likeness (QED) is 0.664. The minimum absolute atomic E-state index is 0.0492. The fourth-order valence-electron chi connectivity index (χ4n) is 1.30. The highest BCUT2D eigenvalue weighted by molar-refractivity contribution is 5.84. The van der Waals surface area contributed by atoms with Gasteiger partial charge >= 0.3 is 0 Å². The van der Waals surface area contributed by atoms with E-state index in [4.69, 9.17) is 0 Å². The Morgan fingerprint density at radius 2 is 1.77 bits per heavy atom. The zero-order valence-electron chi connectivity index (χ0n) is 7.57. The zero-order chi connectivity index (χ0) is 9.42. The van der Waals surface area contributed by atoms with E-state index in [2.05, 4.69) is 9.97 Å². The SMILES string of the molecule is Cc1cc2ncnc(O)c2cc1C. The molecule has 66 valence electrons. The van der Waals surface area contributed by atoms with E-state index in [1.807, 2.05) is 26.0 Å². The first-order valence-corrected chi connectivity index (χ1v) is 4.09. The lowest BCUT2D eigenvalue weighted by atomic mass is 10.1. The van der Waals surface area contributed by atoms with E-state index in [0.717, 1.165) is 11.1 Å². The molecule has 0 aliphatic carbocycles. The van der Waals surface area contributed by atoms with Gasteiger partial charge in [-0.15, -0.1) is 0 Å². The van der Waals surface area contributed by atoms with Crippen LogP contribution >= 0.6 is 0 Å². The summed E-state index contributed by atoms with van der Waals surface area (Å²) in [5.41, 5.74) is 3.10. The third-order valence-electron chi connectivity index (χ3n) is 2.23. The lowest BCUT2D eigenvalue weighted by molar-refractivity contribution is 0.459. The van der Waals surface area contributed by atoms with E-state index in [9.17, 15) is 5.11 Å². The molecule has 1 aromatic heterocycles. The molecule has 0 aliphatic heterocycles. The standard InChI is InChI=1S/C10H10N2O/c1-6-3-8-9(4-7(6)2)11-5-12-10(8)13/h3-5H,1-2H3,(H,11,12,13). The summed E-state index contributed by atoms with van der Waals surface area (Å²) in [5.74, 6) is 0.0492. The Morgan fingerprint density at radius 1 is 1.08 bits per heavy atom. The summed E-state index contributed by atoms with van der Waals surface area (Å²) >= 11 is 0. The molecule has 0 atom stereocenters. The maximum Gasteiger partial charge on any atom is 0.221 e. The molecular weight excluding hydrogens is 164 g/mol. The van der Waals surface area contributed by atoms with Crippen molar-refractivity contribution in [2.45, 2.75) is 13.8 Å². The Balaban J connectivity index is 2.89. The molecule has 13 heavy (non-hydrogen) atoms. The molecule has 0 radical (unpaired) electrons. The topological polar surface area (TPSA) is 46.0 Å². The molecule has 0 aliphatic rings. The second-order valence-electron chi connectivity index (χ2n) is 3.15. The van der Waals surface area contributed by atoms with Gasteiger partial charge < -0.3 is 5.11 Å². The van der Waals surface area contributed by atoms with Crippen LogP contribution < -0.4 is 0 Å². The molecule has 0 unspecified atom stereocenters. The maximum atomic E-state index is 9.44. The predicted molar refractivity (Wildman–Crippen MR) is 50.7 cm³/mol. The second-order valence-corrected chi connectivity index (χ2v) is 3.15. The maximum absolute atomic E-state index is 9.44. The van der Waals surface area contributed by atoms with Crippen LogP contribution in [0.4, 0.5) is 0 Å². The molecule has 1 aromatic carbocycles. The van der Waals surface area contributed by atoms with Crippen molar-refractivity contribution in [3.05, 3.63) is 29.6 Å². The van der Waals surface area contributed by atoms with Crippen molar-refractivity contribution in [1.29, 1.82) is 0 Å². The first-order chi connectivity index (χ1) is 6.18. The molecular formula is C10H10N2O. The molecule has 1 N–H and O–H groups in total. The Kier molecular flexibility index (Phi) is 1.65. The van der Waals surface area contributed by atoms with Gasteiger partial charge in [0.05, 0.1) is 10.9 Å². The van der Waals surface area contributed by atoms with Gasteiger partial charge in [0.25, 0.3) is 0 Å². The summed E-state index contributed by atoms with van der Waals surface area (Å²) in [4.78, 5) is 7.80. The van der Waals surface area contributed by atoms with E-state index >= 15 is 0 Å². The van der Waals surface area contributed by atoms with Crippen LogP contribution in [0.3, 0.4) is 0 Å². The van der Waals surface area contributed by atoms with Crippen molar-refractivity contribution >= 4 is 10.9 Å². The lowest BCUT2D eigenvalue weighted by Gasteiger charge is -2.03. The van der Waals surface area contributed by atoms with Gasteiger partial charge in [0.2, 0.25) is 5.88 Å². The predicted octanol–water partition coefficient (Wildman–Crippen LogP) is 1.95. The van der Waals surface area contributed by atoms with Crippen LogP contribution in [0.5, 0.6) is 5.88 Å². The number of aromatic hydroxyl groups is 1. The third kappa shape index (κ3) is 1.22. The van der Waals surface area contributed by atoms with Crippen molar-refractivity contribution in [2.24, 2.45) is 0 Å². The highest BCUT2D eigenvalue weighted by atomic mass is 16.3. The van der Waals surface area contributed by atoms with Gasteiger partial charge in [-0.2, -0.15) is 0 Å². The summed E-state index contributed by atoms with van der Waals surface area (Å²) < 4.78 is 0. The fraction of sp³-hybridized carbons (Fsp3) is 0.200. The van der Waals surface area contributed by atoms with Crippen molar-refractivity contribution in [3.8, 4) is 5.88 Å². The van der Waals surface area contributed by atoms with Crippen LogP contribution in [0.15, 0.2) is 18.5 Å². The zero-order valence-corrected chi connectivity index (χ0v) is 7.57. The monoisotopic (exact) mass is 174 g/mol. The first kappa shape index (κ1) is 7.98. The molecule has 0 saturated heterocycles. The Bertz CT molecular complexity index is 466. The Labute approximate surface area is 76.1 Å². The van der Waals surface area contributed by atoms with Gasteiger partial charge in [-0.25, -0.2) is 9.97 Å². The summed E-state index contributed by atoms with van der Waals surface area (Å²) in [7, 11) is 0. The van der Waals surface area contributed by atoms with Crippen LogP contribution in [-0.2, 0) is 0 Å². The average Bonchev–Trinajstić information content (AvgIpc) is 2.09. The molecule has 3 nitrogen and oxygen atoms in total. The normalized spacial score (nSPS) is 10.6. The van der Waals surface area contributed by atoms with Crippen molar-refractivity contribution in [1.82, 2.24) is 9.97 Å². The lowest BCUT2D eigenvalue weighted by Crippen LogP contribution is -1.86. The van der Waals surface area contributed by atoms with Crippen LogP contribution in [0.1, 0.15) is 11.1 Å². The van der Waals surface area contributed by atoms with Crippen LogP contribution in [0.25, 0.3) is 10.9 Å². The van der Waals surface area contributed by atoms with Gasteiger partial charge in [0.1, 0.15) is 6.33 Å². The average molecular weight is 174 g/mol. The highest BCUT2D eigenvalue weighted by Gasteiger charge is 2.03. The summed E-state index contributed by atoms with van der Waals surface area (Å²) in [6.45, 7) is 4.02. The molecule has 0 fully saturated rings. The van der Waals surface area contributed by atoms with Gasteiger partial charge in [0, 0.05) is 0 Å². The molecule has 0 saturated carbocycles. The number of benzene rings is 1. The van der Waals surface area contributed by atoms with Gasteiger partial charge in [-0.1, -0.05) is 0 Å². The van der Waals surface area contributed by atoms with Crippen molar-refractivity contribution in [2.75, 3.05) is 0 Å². The van der Waals surface area contributed by atoms with Crippen molar-refractivity contribution in [3.63, 3.8) is 0 Å². The molecule has 0 spiro atoms. The summed E-state index contributed by atoms with van der Waals surface area (Å²) in [6, 6.07) is 3.85. The molecule has 2 aromatic rings. The largest absolute Gasteiger partial charge is 0.493 e. The first-order valence-electron chi connectivity index (χ1n) is 4.09. The third-order valence-corrected chi connectivity index (χ3v) is 2.23. The summed E-state index contributed by atoms with van der Waals surface area (Å²) in [6.07, 6.45) is 1.37. The van der Waals surface area contributed by atoms with Gasteiger partial charge in [0.15, 0.2) is 0 Å². The number of aryl methyl sites for hydroxylation is 2. The fourth-order valence-corrected chi connectivity index (χ4v) is 1.30. The number of nitrogens with zero attached hydrogens (tertiary/aromatic N) is 2. The molecule has 2 rings (SSSR count). The molecule has 0 bridgehead atoms. The van der Waals surface area contributed by atoms with Crippen LogP contribution in [-0.4, -0.2) is 15.1 Å². The second kappa shape index (κ2) is 2.69.